The smallest absolute Gasteiger partial charge is 0.320 e. The minimum Gasteiger partial charge on any atom is -0.491 e. The first kappa shape index (κ1) is 32.2. The van der Waals surface area contributed by atoms with Crippen molar-refractivity contribution in [1.82, 2.24) is 0 Å². The lowest BCUT2D eigenvalue weighted by Gasteiger charge is -2.26. The molecule has 2 heterocycles. The van der Waals surface area contributed by atoms with Crippen LogP contribution < -0.4 is 9.47 Å². The fraction of sp³-hybridized carbons (Fsp3) is 0.517. The summed E-state index contributed by atoms with van der Waals surface area (Å²) in [5.41, 5.74) is 1.86. The van der Waals surface area contributed by atoms with Gasteiger partial charge in [-0.2, -0.15) is 0 Å². The molecular weight excluding hydrogens is 605 g/mol. The summed E-state index contributed by atoms with van der Waals surface area (Å²) in [6.07, 6.45) is -1.80. The molecule has 0 spiro atoms. The molecule has 2 N–H and O–H groups in total. The van der Waals surface area contributed by atoms with Crippen LogP contribution in [0.15, 0.2) is 48.5 Å². The first-order valence-corrected chi connectivity index (χ1v) is 17.7. The number of rotatable bonds is 14. The van der Waals surface area contributed by atoms with Crippen LogP contribution in [0, 0.1) is 0 Å². The molecule has 0 aliphatic carbocycles. The van der Waals surface area contributed by atoms with E-state index in [0.717, 1.165) is 32.8 Å². The molecule has 2 aliphatic rings. The van der Waals surface area contributed by atoms with Crippen molar-refractivity contribution in [3.63, 3.8) is 0 Å². The molecule has 4 rings (SSSR count). The molecule has 4 atom stereocenters. The van der Waals surface area contributed by atoms with Gasteiger partial charge >= 0.3 is 11.9 Å². The third-order valence-electron chi connectivity index (χ3n) is 6.64. The highest BCUT2D eigenvalue weighted by molar-refractivity contribution is 8.20. The van der Waals surface area contributed by atoms with Crippen molar-refractivity contribution >= 4 is 59.0 Å². The molecule has 224 valence electrons. The van der Waals surface area contributed by atoms with Crippen LogP contribution in [0.2, 0.25) is 0 Å². The zero-order valence-corrected chi connectivity index (χ0v) is 26.3. The fourth-order valence-corrected chi connectivity index (χ4v) is 9.37. The minimum absolute atomic E-state index is 0.0277. The van der Waals surface area contributed by atoms with E-state index in [0.29, 0.717) is 11.5 Å². The Hall–Kier alpha value is -1.70. The summed E-state index contributed by atoms with van der Waals surface area (Å²) in [5.74, 6) is 2.18. The normalized spacial score (nSPS) is 20.3. The number of hydrogen-bond acceptors (Lipinski definition) is 12. The molecule has 0 radical (unpaired) electrons. The average Bonchev–Trinajstić information content (AvgIpc) is 3.72. The Kier molecular flexibility index (Phi) is 12.3. The van der Waals surface area contributed by atoms with Crippen LogP contribution in [-0.2, 0) is 24.5 Å². The van der Waals surface area contributed by atoms with Crippen molar-refractivity contribution in [1.29, 1.82) is 0 Å². The Labute approximate surface area is 258 Å². The summed E-state index contributed by atoms with van der Waals surface area (Å²) in [5, 5.41) is 21.8. The Bertz CT molecular complexity index is 1030. The van der Waals surface area contributed by atoms with Gasteiger partial charge in [-0.3, -0.25) is 9.59 Å². The molecule has 2 fully saturated rings. The van der Waals surface area contributed by atoms with Crippen molar-refractivity contribution in [3.05, 3.63) is 59.7 Å². The fourth-order valence-electron chi connectivity index (χ4n) is 4.07. The standard InChI is InChI=1S/C29H36O8S4/c1-29(2,19-3-7-23(8-4-19)34-11-21(30)13-36-27(32)25-15-38-17-40-25)20-5-9-24(10-6-20)35-12-22(31)14-37-28(33)26-16-39-18-41-26/h3-10,21-22,25-26,30-31H,11-18H2,1-2H3. The number of ether oxygens (including phenoxy) is 4. The first-order chi connectivity index (χ1) is 19.7. The number of carbonyl (C=O) groups is 2. The van der Waals surface area contributed by atoms with Gasteiger partial charge in [-0.15, -0.1) is 47.0 Å². The maximum absolute atomic E-state index is 12.0. The van der Waals surface area contributed by atoms with Gasteiger partial charge in [0.05, 0.1) is 0 Å². The summed E-state index contributed by atoms with van der Waals surface area (Å²) in [6, 6.07) is 15.4. The van der Waals surface area contributed by atoms with Gasteiger partial charge in [0.1, 0.15) is 60.6 Å². The minimum atomic E-state index is -0.902. The maximum atomic E-state index is 12.0. The van der Waals surface area contributed by atoms with E-state index >= 15 is 0 Å². The van der Waals surface area contributed by atoms with Crippen LogP contribution in [0.4, 0.5) is 0 Å². The number of esters is 2. The van der Waals surface area contributed by atoms with E-state index in [-0.39, 0.29) is 54.3 Å². The van der Waals surface area contributed by atoms with Gasteiger partial charge < -0.3 is 29.2 Å². The summed E-state index contributed by atoms with van der Waals surface area (Å²) in [7, 11) is 0. The lowest BCUT2D eigenvalue weighted by Crippen LogP contribution is -2.28. The monoisotopic (exact) mass is 640 g/mol. The lowest BCUT2D eigenvalue weighted by atomic mass is 9.78. The van der Waals surface area contributed by atoms with Gasteiger partial charge in [0.15, 0.2) is 0 Å². The number of aliphatic hydroxyl groups excluding tert-OH is 2. The average molecular weight is 641 g/mol. The molecule has 0 amide bonds. The largest absolute Gasteiger partial charge is 0.491 e. The molecule has 2 aliphatic heterocycles. The number of thioether (sulfide) groups is 4. The van der Waals surface area contributed by atoms with Crippen molar-refractivity contribution in [2.24, 2.45) is 0 Å². The van der Waals surface area contributed by atoms with Crippen LogP contribution >= 0.6 is 47.0 Å². The second-order valence-corrected chi connectivity index (χ2v) is 15.3. The molecule has 4 unspecified atom stereocenters. The van der Waals surface area contributed by atoms with E-state index in [4.69, 9.17) is 18.9 Å². The van der Waals surface area contributed by atoms with Crippen LogP contribution in [0.5, 0.6) is 11.5 Å². The molecule has 2 aromatic carbocycles. The summed E-state index contributed by atoms with van der Waals surface area (Å²) in [6.45, 7) is 4.13. The molecule has 0 bridgehead atoms. The molecular formula is C29H36O8S4. The van der Waals surface area contributed by atoms with Crippen LogP contribution in [0.1, 0.15) is 25.0 Å². The Morgan fingerprint density at radius 1 is 0.732 bits per heavy atom. The summed E-state index contributed by atoms with van der Waals surface area (Å²) in [4.78, 5) is 24.0. The highest BCUT2D eigenvalue weighted by Crippen LogP contribution is 2.34. The van der Waals surface area contributed by atoms with Gasteiger partial charge in [-0.1, -0.05) is 38.1 Å². The van der Waals surface area contributed by atoms with E-state index in [9.17, 15) is 19.8 Å². The van der Waals surface area contributed by atoms with E-state index in [1.54, 1.807) is 47.0 Å². The molecule has 0 saturated carbocycles. The quantitative estimate of drug-likeness (QED) is 0.289. The van der Waals surface area contributed by atoms with E-state index in [2.05, 4.69) is 13.8 Å². The van der Waals surface area contributed by atoms with Crippen molar-refractivity contribution in [3.8, 4) is 11.5 Å². The second-order valence-electron chi connectivity index (χ2n) is 10.2. The highest BCUT2D eigenvalue weighted by atomic mass is 32.2. The topological polar surface area (TPSA) is 112 Å². The van der Waals surface area contributed by atoms with Crippen molar-refractivity contribution in [2.75, 3.05) is 48.1 Å². The number of benzene rings is 2. The van der Waals surface area contributed by atoms with Gasteiger partial charge in [0.25, 0.3) is 0 Å². The molecule has 2 aromatic rings. The molecule has 2 saturated heterocycles. The third-order valence-corrected chi connectivity index (χ3v) is 12.1. The number of aliphatic hydroxyl groups is 2. The first-order valence-electron chi connectivity index (χ1n) is 13.3. The second kappa shape index (κ2) is 15.7. The SMILES string of the molecule is CC(C)(c1ccc(OCC(O)COC(=O)C2CSCS2)cc1)c1ccc(OCC(O)COC(=O)C2CSCS2)cc1. The van der Waals surface area contributed by atoms with Gasteiger partial charge in [0, 0.05) is 27.1 Å². The van der Waals surface area contributed by atoms with Gasteiger partial charge in [-0.25, -0.2) is 0 Å². The van der Waals surface area contributed by atoms with Crippen LogP contribution in [0.3, 0.4) is 0 Å². The molecule has 12 heteroatoms. The molecule has 0 aromatic heterocycles. The van der Waals surface area contributed by atoms with E-state index in [1.165, 1.54) is 0 Å². The predicted octanol–water partition coefficient (Wildman–Crippen LogP) is 4.19. The van der Waals surface area contributed by atoms with Gasteiger partial charge in [0.2, 0.25) is 0 Å². The summed E-state index contributed by atoms with van der Waals surface area (Å²) >= 11 is 6.56. The predicted molar refractivity (Wildman–Crippen MR) is 167 cm³/mol. The number of carbonyl (C=O) groups excluding carboxylic acids is 2. The van der Waals surface area contributed by atoms with Gasteiger partial charge in [-0.05, 0) is 35.4 Å². The van der Waals surface area contributed by atoms with Crippen molar-refractivity contribution in [2.45, 2.75) is 42.0 Å². The maximum Gasteiger partial charge on any atom is 0.320 e. The molecule has 8 nitrogen and oxygen atoms in total. The zero-order chi connectivity index (χ0) is 29.2. The van der Waals surface area contributed by atoms with Crippen molar-refractivity contribution < 1.29 is 38.7 Å². The third kappa shape index (κ3) is 9.65. The Balaban J connectivity index is 1.19. The van der Waals surface area contributed by atoms with E-state index in [1.807, 2.05) is 48.5 Å². The number of hydrogen-bond donors (Lipinski definition) is 2. The highest BCUT2D eigenvalue weighted by Gasteiger charge is 2.27. The zero-order valence-electron chi connectivity index (χ0n) is 23.1. The van der Waals surface area contributed by atoms with E-state index < -0.39 is 12.2 Å². The Morgan fingerprint density at radius 3 is 1.46 bits per heavy atom. The van der Waals surface area contributed by atoms with Crippen LogP contribution in [0.25, 0.3) is 0 Å². The lowest BCUT2D eigenvalue weighted by molar-refractivity contribution is -0.146. The molecule has 41 heavy (non-hydrogen) atoms. The Morgan fingerprint density at radius 2 is 1.12 bits per heavy atom. The summed E-state index contributed by atoms with van der Waals surface area (Å²) < 4.78 is 21.8. The van der Waals surface area contributed by atoms with Crippen LogP contribution in [-0.4, -0.2) is 93.0 Å².